The Hall–Kier alpha value is -3.35. The van der Waals surface area contributed by atoms with E-state index in [1.165, 1.54) is 6.26 Å². The van der Waals surface area contributed by atoms with Crippen LogP contribution in [0.15, 0.2) is 77.7 Å². The summed E-state index contributed by atoms with van der Waals surface area (Å²) < 4.78 is 21.8. The van der Waals surface area contributed by atoms with Gasteiger partial charge in [0.05, 0.1) is 5.52 Å². The van der Waals surface area contributed by atoms with E-state index in [0.29, 0.717) is 16.3 Å². The smallest absolute Gasteiger partial charge is 0.256 e. The highest BCUT2D eigenvalue weighted by molar-refractivity contribution is 7.97. The zero-order valence-electron chi connectivity index (χ0n) is 17.5. The number of anilines is 1. The highest BCUT2D eigenvalue weighted by Crippen LogP contribution is 2.27. The maximum atomic E-state index is 12.6. The lowest BCUT2D eigenvalue weighted by atomic mass is 10.0. The van der Waals surface area contributed by atoms with Crippen molar-refractivity contribution in [2.24, 2.45) is 0 Å². The zero-order chi connectivity index (χ0) is 22.2. The molecule has 0 saturated carbocycles. The van der Waals surface area contributed by atoms with Crippen LogP contribution < -0.4 is 5.32 Å². The van der Waals surface area contributed by atoms with Gasteiger partial charge < -0.3 is 5.32 Å². The number of benzene rings is 3. The van der Waals surface area contributed by atoms with Crippen LogP contribution in [0.3, 0.4) is 0 Å². The number of carbonyl (C=O) groups excluding carboxylic acids is 1. The average Bonchev–Trinajstić information content (AvgIpc) is 2.74. The molecule has 0 aliphatic rings. The van der Waals surface area contributed by atoms with Crippen molar-refractivity contribution in [1.82, 2.24) is 4.98 Å². The zero-order valence-corrected chi connectivity index (χ0v) is 18.4. The number of nitrogens with zero attached hydrogens (tertiary/aromatic N) is 1. The van der Waals surface area contributed by atoms with Gasteiger partial charge in [-0.3, -0.25) is 4.79 Å². The number of rotatable bonds is 4. The molecule has 0 fully saturated rings. The van der Waals surface area contributed by atoms with Crippen LogP contribution in [-0.2, 0) is 14.4 Å². The number of fused-ring (bicyclic) bond motifs is 1. The van der Waals surface area contributed by atoms with Crippen LogP contribution in [0.25, 0.3) is 22.0 Å². The van der Waals surface area contributed by atoms with Crippen LogP contribution in [0.5, 0.6) is 0 Å². The van der Waals surface area contributed by atoms with E-state index in [9.17, 15) is 13.6 Å². The largest absolute Gasteiger partial charge is 0.307 e. The van der Waals surface area contributed by atoms with Crippen molar-refractivity contribution in [3.05, 3.63) is 89.5 Å². The van der Waals surface area contributed by atoms with E-state index in [0.717, 1.165) is 33.2 Å². The Bertz CT molecular complexity index is 1360. The molecule has 0 bridgehead atoms. The fraction of sp³-hybridized carbons (Fsp3) is 0.120. The third-order valence-electron chi connectivity index (χ3n) is 5.30. The normalized spacial score (nSPS) is 13.0. The minimum atomic E-state index is -3.02. The Morgan fingerprint density at radius 1 is 0.903 bits per heavy atom. The molecule has 0 spiro atoms. The number of amides is 1. The molecule has 3 aromatic carbocycles. The molecule has 1 unspecified atom stereocenters. The summed E-state index contributed by atoms with van der Waals surface area (Å²) in [5.41, 5.74) is 5.33. The maximum Gasteiger partial charge on any atom is 0.256 e. The Labute approximate surface area is 182 Å². The first-order chi connectivity index (χ1) is 14.7. The van der Waals surface area contributed by atoms with Gasteiger partial charge in [-0.15, -0.1) is 0 Å². The van der Waals surface area contributed by atoms with Gasteiger partial charge in [-0.1, -0.05) is 28.5 Å². The van der Waals surface area contributed by atoms with Gasteiger partial charge in [-0.25, -0.2) is 4.98 Å². The lowest BCUT2D eigenvalue weighted by Gasteiger charge is -2.09. The summed E-state index contributed by atoms with van der Waals surface area (Å²) in [4.78, 5) is 17.5. The van der Waals surface area contributed by atoms with Gasteiger partial charge in [0, 0.05) is 17.0 Å². The van der Waals surface area contributed by atoms with Crippen molar-refractivity contribution in [3.63, 3.8) is 0 Å². The minimum absolute atomic E-state index is 0.199. The van der Waals surface area contributed by atoms with Crippen molar-refractivity contribution in [3.8, 4) is 11.1 Å². The molecule has 0 aliphatic carbocycles. The fourth-order valence-electron chi connectivity index (χ4n) is 3.36. The molecule has 4 rings (SSSR count). The molecule has 5 nitrogen and oxygen atoms in total. The first-order valence-electron chi connectivity index (χ1n) is 9.82. The average molecular weight is 432 g/mol. The third kappa shape index (κ3) is 4.55. The monoisotopic (exact) mass is 431 g/mol. The molecule has 1 heterocycles. The number of carbonyl (C=O) groups is 1. The molecule has 2 N–H and O–H groups in total. The quantitative estimate of drug-likeness (QED) is 0.404. The second kappa shape index (κ2) is 8.06. The topological polar surface area (TPSA) is 79.3 Å². The van der Waals surface area contributed by atoms with Crippen LogP contribution in [0.2, 0.25) is 0 Å². The molecule has 1 amide bonds. The number of aromatic nitrogens is 1. The third-order valence-corrected chi connectivity index (χ3v) is 6.43. The summed E-state index contributed by atoms with van der Waals surface area (Å²) >= 11 is 0. The number of hydrogen-bond acceptors (Lipinski definition) is 3. The standard InChI is InChI=1S/C25H22N2O3S/c1-16-7-8-21(13-17(16)2)25(28)27-24-12-10-20-14-19(9-11-23(20)26-24)18-5-4-6-22(15-18)31(3,29)30/h4-15H,1-3H3,(H-,26,27,28,29,30)/p+1. The highest BCUT2D eigenvalue weighted by Gasteiger charge is 2.21. The fourth-order valence-corrected chi connectivity index (χ4v) is 4.03. The van der Waals surface area contributed by atoms with Crippen molar-refractivity contribution in [1.29, 1.82) is 0 Å². The summed E-state index contributed by atoms with van der Waals surface area (Å²) in [6.07, 6.45) is 1.31. The first kappa shape index (κ1) is 20.9. The van der Waals surface area contributed by atoms with Gasteiger partial charge in [-0.05, 0) is 78.6 Å². The van der Waals surface area contributed by atoms with E-state index < -0.39 is 10.2 Å². The Morgan fingerprint density at radius 2 is 1.68 bits per heavy atom. The summed E-state index contributed by atoms with van der Waals surface area (Å²) in [5.74, 6) is 0.284. The molecule has 1 atom stereocenters. The molecule has 0 radical (unpaired) electrons. The van der Waals surface area contributed by atoms with Crippen LogP contribution in [0, 0.1) is 13.8 Å². The van der Waals surface area contributed by atoms with Crippen LogP contribution in [-0.4, -0.2) is 21.7 Å². The molecule has 1 aromatic heterocycles. The van der Waals surface area contributed by atoms with E-state index in [1.807, 2.05) is 56.3 Å². The van der Waals surface area contributed by atoms with Crippen LogP contribution >= 0.6 is 0 Å². The molecule has 0 aliphatic heterocycles. The van der Waals surface area contributed by atoms with Crippen molar-refractivity contribution in [2.75, 3.05) is 11.6 Å². The number of aryl methyl sites for hydroxylation is 2. The van der Waals surface area contributed by atoms with Crippen molar-refractivity contribution in [2.45, 2.75) is 18.7 Å². The van der Waals surface area contributed by atoms with Crippen molar-refractivity contribution < 1.29 is 13.6 Å². The molecule has 0 saturated heterocycles. The minimum Gasteiger partial charge on any atom is -0.307 e. The molecular formula is C25H23N2O3S+. The van der Waals surface area contributed by atoms with Crippen molar-refractivity contribution >= 4 is 32.8 Å². The van der Waals surface area contributed by atoms with Gasteiger partial charge in [0.15, 0.2) is 4.90 Å². The molecule has 31 heavy (non-hydrogen) atoms. The van der Waals surface area contributed by atoms with Gasteiger partial charge in [0.2, 0.25) is 10.2 Å². The van der Waals surface area contributed by atoms with E-state index in [4.69, 9.17) is 0 Å². The van der Waals surface area contributed by atoms with E-state index in [-0.39, 0.29) is 5.91 Å². The summed E-state index contributed by atoms with van der Waals surface area (Å²) in [6.45, 7) is 3.99. The second-order valence-electron chi connectivity index (χ2n) is 7.69. The maximum absolute atomic E-state index is 12.6. The molecular weight excluding hydrogens is 408 g/mol. The summed E-state index contributed by atoms with van der Waals surface area (Å²) in [5, 5.41) is 3.77. The molecule has 4 aromatic rings. The number of hydrogen-bond donors (Lipinski definition) is 2. The van der Waals surface area contributed by atoms with Crippen LogP contribution in [0.1, 0.15) is 21.5 Å². The Kier molecular flexibility index (Phi) is 5.43. The Morgan fingerprint density at radius 3 is 2.42 bits per heavy atom. The highest BCUT2D eigenvalue weighted by atomic mass is 32.3. The second-order valence-corrected chi connectivity index (χ2v) is 9.76. The first-order valence-corrected chi connectivity index (χ1v) is 11.7. The SMILES string of the molecule is Cc1ccc(C(=O)Nc2ccc3cc(-c4cccc([S+](C)(=O)O)c4)ccc3n2)cc1C. The predicted molar refractivity (Wildman–Crippen MR) is 126 cm³/mol. The molecule has 156 valence electrons. The lowest BCUT2D eigenvalue weighted by Crippen LogP contribution is -2.13. The van der Waals surface area contributed by atoms with Gasteiger partial charge in [-0.2, -0.15) is 4.55 Å². The van der Waals surface area contributed by atoms with Gasteiger partial charge >= 0.3 is 0 Å². The van der Waals surface area contributed by atoms with Gasteiger partial charge in [0.1, 0.15) is 12.1 Å². The summed E-state index contributed by atoms with van der Waals surface area (Å²) in [7, 11) is -3.02. The van der Waals surface area contributed by atoms with E-state index >= 15 is 0 Å². The van der Waals surface area contributed by atoms with E-state index in [2.05, 4.69) is 10.3 Å². The van der Waals surface area contributed by atoms with Gasteiger partial charge in [0.25, 0.3) is 5.91 Å². The molecule has 6 heteroatoms. The van der Waals surface area contributed by atoms with E-state index in [1.54, 1.807) is 30.3 Å². The predicted octanol–water partition coefficient (Wildman–Crippen LogP) is 5.73. The van der Waals surface area contributed by atoms with Crippen LogP contribution in [0.4, 0.5) is 5.82 Å². The number of nitrogens with one attached hydrogen (secondary N) is 1. The number of pyridine rings is 1. The summed E-state index contributed by atoms with van der Waals surface area (Å²) in [6, 6.07) is 22.1. The lowest BCUT2D eigenvalue weighted by molar-refractivity contribution is 0.102. The Balaban J connectivity index is 1.61.